The van der Waals surface area contributed by atoms with E-state index in [9.17, 15) is 4.39 Å². The standard InChI is InChI=1S/C7H8BFNS/c1-5-3-10-4-6(7(5)9)8-11-2/h3-4H,1-2H3. The molecule has 4 heteroatoms. The molecule has 0 atom stereocenters. The maximum Gasteiger partial charge on any atom is 0.235 e. The monoisotopic (exact) mass is 168 g/mol. The largest absolute Gasteiger partial charge is 0.265 e. The fourth-order valence-electron chi connectivity index (χ4n) is 0.780. The molecular formula is C7H8BFNS. The van der Waals surface area contributed by atoms with Gasteiger partial charge in [0.1, 0.15) is 5.82 Å². The Kier molecular flexibility index (Phi) is 2.94. The third-order valence-corrected chi connectivity index (χ3v) is 1.82. The van der Waals surface area contributed by atoms with Gasteiger partial charge in [-0.1, -0.05) is 0 Å². The summed E-state index contributed by atoms with van der Waals surface area (Å²) in [6.07, 6.45) is 4.94. The van der Waals surface area contributed by atoms with E-state index < -0.39 is 0 Å². The Hall–Kier alpha value is -0.505. The van der Waals surface area contributed by atoms with E-state index in [1.165, 1.54) is 24.0 Å². The lowest BCUT2D eigenvalue weighted by molar-refractivity contribution is 0.624. The zero-order chi connectivity index (χ0) is 8.27. The van der Waals surface area contributed by atoms with E-state index in [0.29, 0.717) is 11.0 Å². The molecule has 0 saturated heterocycles. The van der Waals surface area contributed by atoms with Crippen LogP contribution in [0.25, 0.3) is 0 Å². The van der Waals surface area contributed by atoms with Crippen molar-refractivity contribution in [3.8, 4) is 0 Å². The topological polar surface area (TPSA) is 12.9 Å². The van der Waals surface area contributed by atoms with Crippen molar-refractivity contribution in [1.82, 2.24) is 4.98 Å². The zero-order valence-electron chi connectivity index (χ0n) is 6.47. The molecule has 0 saturated carbocycles. The van der Waals surface area contributed by atoms with Crippen LogP contribution in [0.5, 0.6) is 0 Å². The number of hydrogen-bond acceptors (Lipinski definition) is 2. The number of halogens is 1. The summed E-state index contributed by atoms with van der Waals surface area (Å²) >= 11 is 1.47. The predicted octanol–water partition coefficient (Wildman–Crippen LogP) is 1.14. The predicted molar refractivity (Wildman–Crippen MR) is 47.8 cm³/mol. The van der Waals surface area contributed by atoms with E-state index in [4.69, 9.17) is 0 Å². The Bertz CT molecular complexity index is 254. The first kappa shape index (κ1) is 8.59. The van der Waals surface area contributed by atoms with Crippen molar-refractivity contribution in [2.75, 3.05) is 6.26 Å². The van der Waals surface area contributed by atoms with Gasteiger partial charge in [-0.2, -0.15) is 0 Å². The minimum Gasteiger partial charge on any atom is -0.265 e. The van der Waals surface area contributed by atoms with E-state index in [2.05, 4.69) is 4.98 Å². The lowest BCUT2D eigenvalue weighted by Gasteiger charge is -2.00. The first-order chi connectivity index (χ1) is 5.25. The molecule has 11 heavy (non-hydrogen) atoms. The van der Waals surface area contributed by atoms with Gasteiger partial charge < -0.3 is 0 Å². The van der Waals surface area contributed by atoms with Gasteiger partial charge in [0, 0.05) is 18.0 Å². The van der Waals surface area contributed by atoms with Gasteiger partial charge in [0.05, 0.1) is 0 Å². The van der Waals surface area contributed by atoms with Crippen LogP contribution in [0, 0.1) is 12.7 Å². The van der Waals surface area contributed by atoms with Crippen LogP contribution < -0.4 is 5.46 Å². The van der Waals surface area contributed by atoms with Gasteiger partial charge in [0.15, 0.2) is 0 Å². The van der Waals surface area contributed by atoms with Crippen molar-refractivity contribution < 1.29 is 4.39 Å². The van der Waals surface area contributed by atoms with Crippen LogP contribution >= 0.6 is 11.6 Å². The fraction of sp³-hybridized carbons (Fsp3) is 0.286. The average Bonchev–Trinajstić information content (AvgIpc) is 1.99. The third kappa shape index (κ3) is 1.96. The average molecular weight is 168 g/mol. The minimum atomic E-state index is -0.172. The minimum absolute atomic E-state index is 0.172. The second-order valence-electron chi connectivity index (χ2n) is 2.21. The lowest BCUT2D eigenvalue weighted by Crippen LogP contribution is -2.17. The molecule has 0 spiro atoms. The second kappa shape index (κ2) is 3.76. The summed E-state index contributed by atoms with van der Waals surface area (Å²) in [6, 6.07) is 0. The highest BCUT2D eigenvalue weighted by Crippen LogP contribution is 2.00. The molecule has 1 rings (SSSR count). The lowest BCUT2D eigenvalue weighted by atomic mass is 9.95. The Balaban J connectivity index is 2.96. The Morgan fingerprint density at radius 1 is 1.55 bits per heavy atom. The number of aryl methyl sites for hydroxylation is 1. The highest BCUT2D eigenvalue weighted by molar-refractivity contribution is 8.23. The van der Waals surface area contributed by atoms with E-state index in [1.54, 1.807) is 13.5 Å². The fourth-order valence-corrected chi connectivity index (χ4v) is 1.20. The van der Waals surface area contributed by atoms with Crippen LogP contribution in [0.1, 0.15) is 5.56 Å². The van der Waals surface area contributed by atoms with Crippen molar-refractivity contribution in [3.05, 3.63) is 23.8 Å². The van der Waals surface area contributed by atoms with Crippen molar-refractivity contribution >= 4 is 23.6 Å². The van der Waals surface area contributed by atoms with Gasteiger partial charge in [-0.25, -0.2) is 16.0 Å². The molecule has 1 aromatic heterocycles. The van der Waals surface area contributed by atoms with Crippen LogP contribution in [0.4, 0.5) is 4.39 Å². The van der Waals surface area contributed by atoms with Crippen molar-refractivity contribution in [2.24, 2.45) is 0 Å². The third-order valence-electron chi connectivity index (χ3n) is 1.33. The van der Waals surface area contributed by atoms with Gasteiger partial charge in [0.25, 0.3) is 0 Å². The summed E-state index contributed by atoms with van der Waals surface area (Å²) in [5, 5.41) is 0. The molecule has 0 aliphatic heterocycles. The first-order valence-electron chi connectivity index (χ1n) is 3.22. The van der Waals surface area contributed by atoms with Crippen LogP contribution in [-0.2, 0) is 0 Å². The number of hydrogen-bond donors (Lipinski definition) is 0. The molecule has 0 aliphatic rings. The van der Waals surface area contributed by atoms with Crippen LogP contribution in [0.15, 0.2) is 12.4 Å². The number of aromatic nitrogens is 1. The normalized spacial score (nSPS) is 9.73. The summed E-state index contributed by atoms with van der Waals surface area (Å²) in [6.45, 7) is 3.45. The van der Waals surface area contributed by atoms with E-state index in [-0.39, 0.29) is 5.82 Å². The van der Waals surface area contributed by atoms with Gasteiger partial charge in [-0.05, 0) is 18.6 Å². The molecule has 1 nitrogen and oxygen atoms in total. The van der Waals surface area contributed by atoms with Crippen molar-refractivity contribution in [2.45, 2.75) is 6.92 Å². The maximum atomic E-state index is 13.1. The smallest absolute Gasteiger partial charge is 0.235 e. The van der Waals surface area contributed by atoms with Gasteiger partial charge in [-0.3, -0.25) is 4.98 Å². The van der Waals surface area contributed by atoms with Crippen LogP contribution in [0.3, 0.4) is 0 Å². The molecule has 0 aliphatic carbocycles. The SMILES string of the molecule is CS[B]c1cncc(C)c1F. The number of nitrogens with zero attached hydrogens (tertiary/aromatic N) is 1. The van der Waals surface area contributed by atoms with Gasteiger partial charge >= 0.3 is 0 Å². The summed E-state index contributed by atoms with van der Waals surface area (Å²) in [5.74, 6) is -0.172. The summed E-state index contributed by atoms with van der Waals surface area (Å²) in [4.78, 5) is 3.88. The van der Waals surface area contributed by atoms with Crippen molar-refractivity contribution in [1.29, 1.82) is 0 Å². The quantitative estimate of drug-likeness (QED) is 0.614. The Morgan fingerprint density at radius 2 is 2.27 bits per heavy atom. The zero-order valence-corrected chi connectivity index (χ0v) is 7.28. The number of pyridine rings is 1. The first-order valence-corrected chi connectivity index (χ1v) is 4.50. The van der Waals surface area contributed by atoms with Crippen LogP contribution in [0.2, 0.25) is 0 Å². The molecule has 0 fully saturated rings. The molecule has 0 bridgehead atoms. The van der Waals surface area contributed by atoms with Crippen LogP contribution in [-0.4, -0.2) is 17.8 Å². The van der Waals surface area contributed by atoms with E-state index >= 15 is 0 Å². The second-order valence-corrected chi connectivity index (χ2v) is 2.92. The molecule has 0 N–H and O–H groups in total. The highest BCUT2D eigenvalue weighted by Gasteiger charge is 2.04. The molecule has 0 unspecified atom stereocenters. The molecule has 0 amide bonds. The highest BCUT2D eigenvalue weighted by atomic mass is 32.2. The summed E-state index contributed by atoms with van der Waals surface area (Å²) in [5.41, 5.74) is 1.16. The summed E-state index contributed by atoms with van der Waals surface area (Å²) in [7, 11) is 0. The molecular weight excluding hydrogens is 160 g/mol. The van der Waals surface area contributed by atoms with Crippen molar-refractivity contribution in [3.63, 3.8) is 0 Å². The maximum absolute atomic E-state index is 13.1. The number of rotatable bonds is 2. The molecule has 1 aromatic rings. The Morgan fingerprint density at radius 3 is 2.91 bits per heavy atom. The van der Waals surface area contributed by atoms with E-state index in [0.717, 1.165) is 0 Å². The van der Waals surface area contributed by atoms with Gasteiger partial charge in [0.2, 0.25) is 6.56 Å². The Labute approximate surface area is 70.6 Å². The molecule has 1 heterocycles. The molecule has 1 radical (unpaired) electrons. The van der Waals surface area contributed by atoms with E-state index in [1.807, 2.05) is 6.26 Å². The summed E-state index contributed by atoms with van der Waals surface area (Å²) < 4.78 is 13.1. The molecule has 0 aromatic carbocycles. The molecule has 57 valence electrons. The van der Waals surface area contributed by atoms with Gasteiger partial charge in [-0.15, -0.1) is 0 Å².